The lowest BCUT2D eigenvalue weighted by Crippen LogP contribution is -2.15. The highest BCUT2D eigenvalue weighted by Gasteiger charge is 2.36. The molecular weight excluding hydrogens is 713 g/mol. The molecule has 0 atom stereocenters. The van der Waals surface area contributed by atoms with Crippen molar-refractivity contribution in [1.29, 1.82) is 0 Å². The molecule has 0 saturated carbocycles. The minimum Gasteiger partial charge on any atom is -0.228 e. The van der Waals surface area contributed by atoms with Crippen molar-refractivity contribution in [3.05, 3.63) is 217 Å². The summed E-state index contributed by atoms with van der Waals surface area (Å²) in [4.78, 5) is 10.8. The average molecular weight is 753 g/mol. The van der Waals surface area contributed by atoms with Gasteiger partial charge in [-0.05, 0) is 101 Å². The molecule has 1 aliphatic rings. The van der Waals surface area contributed by atoms with E-state index in [0.29, 0.717) is 5.82 Å². The third-order valence-corrected chi connectivity index (χ3v) is 12.3. The van der Waals surface area contributed by atoms with Crippen LogP contribution in [-0.4, -0.2) is 9.97 Å². The van der Waals surface area contributed by atoms with Gasteiger partial charge >= 0.3 is 0 Å². The SMILES string of the molecule is CC1(C)c2cc(-c3ccc(-c4nc(-c5ccccc5)cc(-c5cc(-c6ccccc6)ccc5-c5ccccc5)n4)c4ccccc34)ccc2-c2c1ccc1ccccc21. The molecule has 0 fully saturated rings. The van der Waals surface area contributed by atoms with Gasteiger partial charge in [0.05, 0.1) is 11.4 Å². The Morgan fingerprint density at radius 2 is 0.881 bits per heavy atom. The summed E-state index contributed by atoms with van der Waals surface area (Å²) >= 11 is 0. The summed E-state index contributed by atoms with van der Waals surface area (Å²) in [6.45, 7) is 4.73. The second-order valence-corrected chi connectivity index (χ2v) is 16.1. The minimum absolute atomic E-state index is 0.126. The molecule has 0 bridgehead atoms. The van der Waals surface area contributed by atoms with Gasteiger partial charge in [-0.1, -0.05) is 196 Å². The molecule has 1 aliphatic carbocycles. The molecule has 2 nitrogen and oxygen atoms in total. The lowest BCUT2D eigenvalue weighted by molar-refractivity contribution is 0.661. The zero-order chi connectivity index (χ0) is 39.5. The summed E-state index contributed by atoms with van der Waals surface area (Å²) in [6, 6.07) is 74.2. The highest BCUT2D eigenvalue weighted by atomic mass is 14.9. The molecule has 0 amide bonds. The van der Waals surface area contributed by atoms with Crippen LogP contribution in [0.15, 0.2) is 206 Å². The minimum atomic E-state index is -0.126. The molecule has 0 radical (unpaired) electrons. The number of hydrogen-bond acceptors (Lipinski definition) is 2. The van der Waals surface area contributed by atoms with Gasteiger partial charge in [-0.3, -0.25) is 0 Å². The molecule has 10 aromatic rings. The summed E-state index contributed by atoms with van der Waals surface area (Å²) in [5.74, 6) is 0.700. The van der Waals surface area contributed by atoms with Crippen LogP contribution < -0.4 is 0 Å². The zero-order valence-corrected chi connectivity index (χ0v) is 33.0. The zero-order valence-electron chi connectivity index (χ0n) is 33.0. The lowest BCUT2D eigenvalue weighted by Gasteiger charge is -2.22. The first kappa shape index (κ1) is 34.8. The maximum atomic E-state index is 5.48. The molecule has 0 N–H and O–H groups in total. The van der Waals surface area contributed by atoms with Gasteiger partial charge in [0.25, 0.3) is 0 Å². The Hall–Kier alpha value is -7.42. The van der Waals surface area contributed by atoms with Gasteiger partial charge in [-0.15, -0.1) is 0 Å². The fourth-order valence-corrected chi connectivity index (χ4v) is 9.32. The standard InChI is InChI=1S/C57H40N2/c1-57(2)51-33-28-39-20-12-13-23-45(39)55(51)49-30-27-42(35-52(49)57)44-31-32-48(47-25-15-14-24-46(44)47)56-58-53(40-21-10-5-11-22-40)36-54(59-56)50-34-41(37-16-6-3-7-17-37)26-29-43(50)38-18-8-4-9-19-38/h3-36H,1-2H3. The van der Waals surface area contributed by atoms with Gasteiger partial charge in [-0.2, -0.15) is 0 Å². The van der Waals surface area contributed by atoms with Crippen LogP contribution in [0, 0.1) is 0 Å². The van der Waals surface area contributed by atoms with Crippen molar-refractivity contribution in [1.82, 2.24) is 9.97 Å². The average Bonchev–Trinajstić information content (AvgIpc) is 3.54. The van der Waals surface area contributed by atoms with E-state index in [9.17, 15) is 0 Å². The Kier molecular flexibility index (Phi) is 8.20. The smallest absolute Gasteiger partial charge is 0.161 e. The topological polar surface area (TPSA) is 25.8 Å². The molecule has 0 spiro atoms. The van der Waals surface area contributed by atoms with Crippen molar-refractivity contribution in [2.45, 2.75) is 19.3 Å². The third kappa shape index (κ3) is 5.87. The molecule has 0 unspecified atom stereocenters. The first-order chi connectivity index (χ1) is 29.0. The third-order valence-electron chi connectivity index (χ3n) is 12.3. The molecule has 0 aliphatic heterocycles. The maximum Gasteiger partial charge on any atom is 0.161 e. The summed E-state index contributed by atoms with van der Waals surface area (Å²) in [7, 11) is 0. The van der Waals surface area contributed by atoms with Crippen molar-refractivity contribution in [2.75, 3.05) is 0 Å². The van der Waals surface area contributed by atoms with E-state index in [1.54, 1.807) is 0 Å². The Labute approximate surface area is 345 Å². The van der Waals surface area contributed by atoms with E-state index in [2.05, 4.69) is 220 Å². The van der Waals surface area contributed by atoms with E-state index < -0.39 is 0 Å². The molecule has 278 valence electrons. The van der Waals surface area contributed by atoms with E-state index in [-0.39, 0.29) is 5.41 Å². The molecule has 11 rings (SSSR count). The van der Waals surface area contributed by atoms with Crippen LogP contribution in [0.25, 0.3) is 100.0 Å². The summed E-state index contributed by atoms with van der Waals surface area (Å²) in [6.07, 6.45) is 0. The van der Waals surface area contributed by atoms with Gasteiger partial charge in [0.1, 0.15) is 0 Å². The number of rotatable bonds is 6. The van der Waals surface area contributed by atoms with Gasteiger partial charge in [0, 0.05) is 22.1 Å². The van der Waals surface area contributed by atoms with E-state index in [4.69, 9.17) is 9.97 Å². The molecule has 2 heteroatoms. The van der Waals surface area contributed by atoms with Gasteiger partial charge < -0.3 is 0 Å². The van der Waals surface area contributed by atoms with Gasteiger partial charge in [0.2, 0.25) is 0 Å². The highest BCUT2D eigenvalue weighted by Crippen LogP contribution is 2.52. The Morgan fingerprint density at radius 1 is 0.322 bits per heavy atom. The summed E-state index contributed by atoms with van der Waals surface area (Å²) < 4.78 is 0. The second kappa shape index (κ2) is 13.9. The monoisotopic (exact) mass is 752 g/mol. The molecular formula is C57H40N2. The molecule has 0 saturated heterocycles. The number of hydrogen-bond donors (Lipinski definition) is 0. The Balaban J connectivity index is 1.09. The van der Waals surface area contributed by atoms with Crippen LogP contribution in [0.3, 0.4) is 0 Å². The van der Waals surface area contributed by atoms with Crippen molar-refractivity contribution in [3.8, 4) is 78.4 Å². The number of fused-ring (bicyclic) bond motifs is 6. The van der Waals surface area contributed by atoms with E-state index in [0.717, 1.165) is 50.2 Å². The molecule has 1 aromatic heterocycles. The van der Waals surface area contributed by atoms with Crippen molar-refractivity contribution in [2.24, 2.45) is 0 Å². The highest BCUT2D eigenvalue weighted by molar-refractivity contribution is 6.06. The van der Waals surface area contributed by atoms with Crippen LogP contribution in [-0.2, 0) is 5.41 Å². The first-order valence-electron chi connectivity index (χ1n) is 20.4. The number of nitrogens with zero attached hydrogens (tertiary/aromatic N) is 2. The van der Waals surface area contributed by atoms with Crippen LogP contribution >= 0.6 is 0 Å². The Bertz CT molecular complexity index is 3220. The number of aromatic nitrogens is 2. The quantitative estimate of drug-likeness (QED) is 0.169. The van der Waals surface area contributed by atoms with Crippen molar-refractivity contribution in [3.63, 3.8) is 0 Å². The van der Waals surface area contributed by atoms with Crippen LogP contribution in [0.2, 0.25) is 0 Å². The van der Waals surface area contributed by atoms with Crippen LogP contribution in [0.1, 0.15) is 25.0 Å². The number of benzene rings is 9. The lowest BCUT2D eigenvalue weighted by atomic mass is 9.81. The van der Waals surface area contributed by atoms with Crippen LogP contribution in [0.4, 0.5) is 0 Å². The van der Waals surface area contributed by atoms with Gasteiger partial charge in [-0.25, -0.2) is 9.97 Å². The van der Waals surface area contributed by atoms with E-state index in [1.807, 2.05) is 0 Å². The normalized spacial score (nSPS) is 12.7. The molecule has 59 heavy (non-hydrogen) atoms. The largest absolute Gasteiger partial charge is 0.228 e. The first-order valence-corrected chi connectivity index (χ1v) is 20.4. The van der Waals surface area contributed by atoms with Crippen molar-refractivity contribution >= 4 is 21.5 Å². The Morgan fingerprint density at radius 3 is 1.63 bits per heavy atom. The fourth-order valence-electron chi connectivity index (χ4n) is 9.32. The fraction of sp³-hybridized carbons (Fsp3) is 0.0526. The predicted molar refractivity (Wildman–Crippen MR) is 247 cm³/mol. The summed E-state index contributed by atoms with van der Waals surface area (Å²) in [5, 5.41) is 4.90. The molecule has 9 aromatic carbocycles. The van der Waals surface area contributed by atoms with Crippen molar-refractivity contribution < 1.29 is 0 Å². The van der Waals surface area contributed by atoms with E-state index >= 15 is 0 Å². The molecule has 1 heterocycles. The van der Waals surface area contributed by atoms with E-state index in [1.165, 1.54) is 55.1 Å². The second-order valence-electron chi connectivity index (χ2n) is 16.1. The maximum absolute atomic E-state index is 5.48. The summed E-state index contributed by atoms with van der Waals surface area (Å²) in [5.41, 5.74) is 17.2. The van der Waals surface area contributed by atoms with Gasteiger partial charge in [0.15, 0.2) is 5.82 Å². The predicted octanol–water partition coefficient (Wildman–Crippen LogP) is 15.1. The van der Waals surface area contributed by atoms with Crippen LogP contribution in [0.5, 0.6) is 0 Å².